The Balaban J connectivity index is 1.36. The van der Waals surface area contributed by atoms with Gasteiger partial charge in [0.15, 0.2) is 11.5 Å². The molecule has 154 valence electrons. The first-order chi connectivity index (χ1) is 13.9. The third-order valence-electron chi connectivity index (χ3n) is 5.21. The Labute approximate surface area is 170 Å². The maximum absolute atomic E-state index is 12.8. The normalized spacial score (nSPS) is 17.2. The van der Waals surface area contributed by atoms with Crippen molar-refractivity contribution in [3.8, 4) is 11.5 Å². The van der Waals surface area contributed by atoms with Gasteiger partial charge in [-0.25, -0.2) is 8.42 Å². The topological polar surface area (TPSA) is 76.2 Å². The molecule has 0 N–H and O–H groups in total. The van der Waals surface area contributed by atoms with Crippen molar-refractivity contribution in [1.29, 1.82) is 0 Å². The molecule has 0 aliphatic carbocycles. The molecule has 4 rings (SSSR count). The molecular formula is C21H24N2O5S. The number of carbonyl (C=O) groups is 1. The van der Waals surface area contributed by atoms with Gasteiger partial charge in [-0.3, -0.25) is 4.79 Å². The molecule has 2 aliphatic heterocycles. The lowest BCUT2D eigenvalue weighted by molar-refractivity contribution is -0.131. The van der Waals surface area contributed by atoms with Crippen LogP contribution in [0.1, 0.15) is 11.1 Å². The van der Waals surface area contributed by atoms with Crippen molar-refractivity contribution in [3.05, 3.63) is 53.6 Å². The van der Waals surface area contributed by atoms with Crippen LogP contribution >= 0.6 is 0 Å². The van der Waals surface area contributed by atoms with Crippen LogP contribution in [-0.2, 0) is 21.2 Å². The minimum absolute atomic E-state index is 0.0194. The molecule has 1 amide bonds. The lowest BCUT2D eigenvalue weighted by Gasteiger charge is -2.34. The number of piperazine rings is 1. The standard InChI is InChI=1S/C21H24N2O5S/c1-16-2-5-18(6-3-16)29(25,26)23-10-8-22(9-11-23)21(24)15-17-4-7-19-20(14-17)28-13-12-27-19/h2-7,14H,8-13,15H2,1H3. The minimum atomic E-state index is -3.53. The fourth-order valence-electron chi connectivity index (χ4n) is 3.52. The maximum Gasteiger partial charge on any atom is 0.243 e. The summed E-state index contributed by atoms with van der Waals surface area (Å²) in [7, 11) is -3.53. The zero-order valence-corrected chi connectivity index (χ0v) is 17.2. The van der Waals surface area contributed by atoms with E-state index < -0.39 is 10.0 Å². The predicted molar refractivity (Wildman–Crippen MR) is 108 cm³/mol. The van der Waals surface area contributed by atoms with Gasteiger partial charge in [0.05, 0.1) is 11.3 Å². The van der Waals surface area contributed by atoms with Crippen LogP contribution in [0.5, 0.6) is 11.5 Å². The number of benzene rings is 2. The van der Waals surface area contributed by atoms with E-state index in [0.717, 1.165) is 11.1 Å². The van der Waals surface area contributed by atoms with Crippen LogP contribution < -0.4 is 9.47 Å². The number of nitrogens with zero attached hydrogens (tertiary/aromatic N) is 2. The summed E-state index contributed by atoms with van der Waals surface area (Å²) in [6, 6.07) is 12.4. The number of amides is 1. The quantitative estimate of drug-likeness (QED) is 0.760. The number of fused-ring (bicyclic) bond motifs is 1. The highest BCUT2D eigenvalue weighted by molar-refractivity contribution is 7.89. The fraction of sp³-hybridized carbons (Fsp3) is 0.381. The summed E-state index contributed by atoms with van der Waals surface area (Å²) in [6.07, 6.45) is 0.251. The minimum Gasteiger partial charge on any atom is -0.486 e. The summed E-state index contributed by atoms with van der Waals surface area (Å²) in [5.74, 6) is 1.34. The van der Waals surface area contributed by atoms with Crippen LogP contribution in [0.15, 0.2) is 47.4 Å². The van der Waals surface area contributed by atoms with Gasteiger partial charge in [0.25, 0.3) is 0 Å². The Morgan fingerprint density at radius 3 is 2.28 bits per heavy atom. The first-order valence-corrected chi connectivity index (χ1v) is 11.1. The van der Waals surface area contributed by atoms with Crippen molar-refractivity contribution in [3.63, 3.8) is 0 Å². The molecule has 1 saturated heterocycles. The molecule has 29 heavy (non-hydrogen) atoms. The van der Waals surface area contributed by atoms with E-state index in [-0.39, 0.29) is 12.3 Å². The zero-order chi connectivity index (χ0) is 20.4. The van der Waals surface area contributed by atoms with E-state index in [4.69, 9.17) is 9.47 Å². The summed E-state index contributed by atoms with van der Waals surface area (Å²) < 4.78 is 38.1. The van der Waals surface area contributed by atoms with Crippen LogP contribution in [0.3, 0.4) is 0 Å². The summed E-state index contributed by atoms with van der Waals surface area (Å²) in [6.45, 7) is 4.31. The van der Waals surface area contributed by atoms with Crippen molar-refractivity contribution in [2.45, 2.75) is 18.2 Å². The third kappa shape index (κ3) is 4.23. The van der Waals surface area contributed by atoms with E-state index in [1.54, 1.807) is 29.2 Å². The van der Waals surface area contributed by atoms with Crippen LogP contribution in [0.25, 0.3) is 0 Å². The summed E-state index contributed by atoms with van der Waals surface area (Å²) >= 11 is 0. The van der Waals surface area contributed by atoms with Gasteiger partial charge in [-0.2, -0.15) is 4.31 Å². The Bertz CT molecular complexity index is 996. The van der Waals surface area contributed by atoms with E-state index in [2.05, 4.69) is 0 Å². The molecule has 2 aromatic carbocycles. The van der Waals surface area contributed by atoms with Gasteiger partial charge in [-0.15, -0.1) is 0 Å². The van der Waals surface area contributed by atoms with Crippen LogP contribution in [0.4, 0.5) is 0 Å². The van der Waals surface area contributed by atoms with Crippen molar-refractivity contribution in [2.75, 3.05) is 39.4 Å². The van der Waals surface area contributed by atoms with Gasteiger partial charge >= 0.3 is 0 Å². The molecule has 2 aromatic rings. The van der Waals surface area contributed by atoms with E-state index in [1.165, 1.54) is 4.31 Å². The first-order valence-electron chi connectivity index (χ1n) is 9.66. The lowest BCUT2D eigenvalue weighted by atomic mass is 10.1. The van der Waals surface area contributed by atoms with Crippen LogP contribution in [-0.4, -0.2) is 62.9 Å². The van der Waals surface area contributed by atoms with Crippen LogP contribution in [0, 0.1) is 6.92 Å². The Morgan fingerprint density at radius 2 is 1.59 bits per heavy atom. The third-order valence-corrected chi connectivity index (χ3v) is 7.12. The first kappa shape index (κ1) is 19.7. The molecule has 2 aliphatic rings. The van der Waals surface area contributed by atoms with E-state index in [1.807, 2.05) is 25.1 Å². The van der Waals surface area contributed by atoms with Gasteiger partial charge in [0.1, 0.15) is 13.2 Å². The Hall–Kier alpha value is -2.58. The van der Waals surface area contributed by atoms with E-state index in [9.17, 15) is 13.2 Å². The van der Waals surface area contributed by atoms with Gasteiger partial charge in [0, 0.05) is 26.2 Å². The molecule has 7 nitrogen and oxygen atoms in total. The monoisotopic (exact) mass is 416 g/mol. The number of hydrogen-bond acceptors (Lipinski definition) is 5. The summed E-state index contributed by atoms with van der Waals surface area (Å²) in [5.41, 5.74) is 1.87. The van der Waals surface area contributed by atoms with Gasteiger partial charge in [-0.05, 0) is 36.8 Å². The molecule has 0 saturated carbocycles. The number of carbonyl (C=O) groups excluding carboxylic acids is 1. The van der Waals surface area contributed by atoms with Gasteiger partial charge in [-0.1, -0.05) is 23.8 Å². The van der Waals surface area contributed by atoms with Gasteiger partial charge in [0.2, 0.25) is 15.9 Å². The second kappa shape index (κ2) is 8.04. The fourth-order valence-corrected chi connectivity index (χ4v) is 4.94. The number of sulfonamides is 1. The van der Waals surface area contributed by atoms with Crippen molar-refractivity contribution >= 4 is 15.9 Å². The SMILES string of the molecule is Cc1ccc(S(=O)(=O)N2CCN(C(=O)Cc3ccc4c(c3)OCCO4)CC2)cc1. The second-order valence-electron chi connectivity index (χ2n) is 7.25. The molecule has 1 fully saturated rings. The van der Waals surface area contributed by atoms with Crippen molar-refractivity contribution in [1.82, 2.24) is 9.21 Å². The summed E-state index contributed by atoms with van der Waals surface area (Å²) in [4.78, 5) is 14.7. The largest absolute Gasteiger partial charge is 0.486 e. The van der Waals surface area contributed by atoms with Crippen molar-refractivity contribution < 1.29 is 22.7 Å². The highest BCUT2D eigenvalue weighted by Gasteiger charge is 2.30. The predicted octanol–water partition coefficient (Wildman–Crippen LogP) is 1.84. The molecule has 0 spiro atoms. The molecule has 0 atom stereocenters. The summed E-state index contributed by atoms with van der Waals surface area (Å²) in [5, 5.41) is 0. The molecule has 2 heterocycles. The highest BCUT2D eigenvalue weighted by atomic mass is 32.2. The molecule has 0 aromatic heterocycles. The van der Waals surface area contributed by atoms with Crippen LogP contribution in [0.2, 0.25) is 0 Å². The Morgan fingerprint density at radius 1 is 0.931 bits per heavy atom. The highest BCUT2D eigenvalue weighted by Crippen LogP contribution is 2.31. The van der Waals surface area contributed by atoms with Crippen molar-refractivity contribution in [2.24, 2.45) is 0 Å². The molecule has 0 bridgehead atoms. The molecular weight excluding hydrogens is 392 g/mol. The number of aryl methyl sites for hydroxylation is 1. The molecule has 0 unspecified atom stereocenters. The van der Waals surface area contributed by atoms with E-state index in [0.29, 0.717) is 55.8 Å². The Kier molecular flexibility index (Phi) is 5.47. The van der Waals surface area contributed by atoms with Gasteiger partial charge < -0.3 is 14.4 Å². The van der Waals surface area contributed by atoms with E-state index >= 15 is 0 Å². The molecule has 8 heteroatoms. The number of hydrogen-bond donors (Lipinski definition) is 0. The maximum atomic E-state index is 12.8. The lowest BCUT2D eigenvalue weighted by Crippen LogP contribution is -2.50. The average Bonchev–Trinajstić information content (AvgIpc) is 2.74. The smallest absolute Gasteiger partial charge is 0.243 e. The second-order valence-corrected chi connectivity index (χ2v) is 9.19. The molecule has 0 radical (unpaired) electrons. The average molecular weight is 416 g/mol. The number of ether oxygens (including phenoxy) is 2. The number of rotatable bonds is 4. The zero-order valence-electron chi connectivity index (χ0n) is 16.3.